The fourth-order valence-electron chi connectivity index (χ4n) is 2.92. The highest BCUT2D eigenvalue weighted by Gasteiger charge is 2.30. The molecule has 1 heterocycles. The molecule has 2 aromatic carbocycles. The maximum Gasteiger partial charge on any atom is 0.317 e. The smallest absolute Gasteiger partial charge is 0.317 e. The predicted molar refractivity (Wildman–Crippen MR) is 108 cm³/mol. The summed E-state index contributed by atoms with van der Waals surface area (Å²) in [7, 11) is -3.64. The van der Waals surface area contributed by atoms with Gasteiger partial charge in [0.2, 0.25) is 10.0 Å². The van der Waals surface area contributed by atoms with Crippen LogP contribution in [0.1, 0.15) is 11.1 Å². The van der Waals surface area contributed by atoms with Crippen LogP contribution in [0.3, 0.4) is 0 Å². The van der Waals surface area contributed by atoms with E-state index in [2.05, 4.69) is 21.2 Å². The Morgan fingerprint density at radius 1 is 1.11 bits per heavy atom. The second kappa shape index (κ2) is 8.73. The summed E-state index contributed by atoms with van der Waals surface area (Å²) in [4.78, 5) is 14.1. The topological polar surface area (TPSA) is 93.5 Å². The van der Waals surface area contributed by atoms with Crippen molar-refractivity contribution >= 4 is 32.0 Å². The van der Waals surface area contributed by atoms with Gasteiger partial charge in [0, 0.05) is 37.2 Å². The summed E-state index contributed by atoms with van der Waals surface area (Å²) in [6, 6.07) is 15.3. The minimum Gasteiger partial charge on any atom is -0.334 e. The molecule has 0 unspecified atom stereocenters. The highest BCUT2D eigenvalue weighted by molar-refractivity contribution is 9.10. The Morgan fingerprint density at radius 3 is 2.39 bits per heavy atom. The van der Waals surface area contributed by atoms with Crippen molar-refractivity contribution in [3.8, 4) is 6.07 Å². The summed E-state index contributed by atoms with van der Waals surface area (Å²) in [6.45, 7) is 1.50. The molecule has 1 aliphatic rings. The number of sulfonamides is 1. The van der Waals surface area contributed by atoms with Crippen LogP contribution in [0.25, 0.3) is 0 Å². The summed E-state index contributed by atoms with van der Waals surface area (Å²) in [5, 5.41) is 11.7. The van der Waals surface area contributed by atoms with E-state index in [1.54, 1.807) is 4.90 Å². The molecule has 9 heteroatoms. The van der Waals surface area contributed by atoms with E-state index in [1.165, 1.54) is 28.6 Å². The first kappa shape index (κ1) is 20.3. The maximum atomic E-state index is 12.7. The average Bonchev–Trinajstić information content (AvgIpc) is 2.72. The van der Waals surface area contributed by atoms with Crippen LogP contribution in [0, 0.1) is 11.3 Å². The number of urea groups is 1. The van der Waals surface area contributed by atoms with Crippen LogP contribution in [-0.4, -0.2) is 49.8 Å². The Bertz CT molecular complexity index is 995. The lowest BCUT2D eigenvalue weighted by molar-refractivity contribution is 0.172. The molecule has 3 rings (SSSR count). The molecule has 1 fully saturated rings. The number of nitrogens with zero attached hydrogens (tertiary/aromatic N) is 3. The number of rotatable bonds is 4. The summed E-state index contributed by atoms with van der Waals surface area (Å²) in [6.07, 6.45) is 0. The van der Waals surface area contributed by atoms with Crippen LogP contribution < -0.4 is 5.32 Å². The van der Waals surface area contributed by atoms with Crippen molar-refractivity contribution in [2.24, 2.45) is 0 Å². The zero-order valence-corrected chi connectivity index (χ0v) is 17.4. The first-order valence-electron chi connectivity index (χ1n) is 8.68. The van der Waals surface area contributed by atoms with Crippen molar-refractivity contribution in [2.45, 2.75) is 11.4 Å². The van der Waals surface area contributed by atoms with E-state index in [4.69, 9.17) is 5.26 Å². The van der Waals surface area contributed by atoms with E-state index in [9.17, 15) is 13.2 Å². The van der Waals surface area contributed by atoms with E-state index in [-0.39, 0.29) is 24.0 Å². The van der Waals surface area contributed by atoms with Crippen LogP contribution in [0.4, 0.5) is 4.79 Å². The van der Waals surface area contributed by atoms with Crippen molar-refractivity contribution in [2.75, 3.05) is 26.2 Å². The number of amides is 2. The second-order valence-corrected chi connectivity index (χ2v) is 9.17. The zero-order valence-electron chi connectivity index (χ0n) is 15.0. The molecule has 0 spiro atoms. The number of carbonyl (C=O) groups is 1. The van der Waals surface area contributed by atoms with E-state index in [1.807, 2.05) is 30.3 Å². The first-order chi connectivity index (χ1) is 13.4. The van der Waals surface area contributed by atoms with Gasteiger partial charge in [-0.25, -0.2) is 13.2 Å². The number of hydrogen-bond acceptors (Lipinski definition) is 4. The standard InChI is InChI=1S/C19H19BrN4O3S/c20-17-3-1-2-16(12-17)14-22-19(25)23-8-10-24(11-9-23)28(26,27)18-6-4-15(13-21)5-7-18/h1-7,12H,8-11,14H2,(H,22,25). The van der Waals surface area contributed by atoms with E-state index in [0.29, 0.717) is 25.2 Å². The second-order valence-electron chi connectivity index (χ2n) is 6.32. The van der Waals surface area contributed by atoms with Crippen LogP contribution in [-0.2, 0) is 16.6 Å². The number of benzene rings is 2. The number of piperazine rings is 1. The largest absolute Gasteiger partial charge is 0.334 e. The molecule has 1 saturated heterocycles. The molecule has 146 valence electrons. The van der Waals surface area contributed by atoms with Gasteiger partial charge in [-0.1, -0.05) is 28.1 Å². The molecule has 2 aromatic rings. The Balaban J connectivity index is 1.55. The van der Waals surface area contributed by atoms with Crippen LogP contribution in [0.5, 0.6) is 0 Å². The zero-order chi connectivity index (χ0) is 20.1. The van der Waals surface area contributed by atoms with Gasteiger partial charge in [0.05, 0.1) is 16.5 Å². The molecule has 7 nitrogen and oxygen atoms in total. The Hall–Kier alpha value is -2.41. The van der Waals surface area contributed by atoms with E-state index >= 15 is 0 Å². The fraction of sp³-hybridized carbons (Fsp3) is 0.263. The number of halogens is 1. The minimum absolute atomic E-state index is 0.152. The summed E-state index contributed by atoms with van der Waals surface area (Å²) < 4.78 is 27.8. The van der Waals surface area contributed by atoms with Gasteiger partial charge in [0.1, 0.15) is 0 Å². The molecule has 0 atom stereocenters. The first-order valence-corrected chi connectivity index (χ1v) is 10.9. The third-order valence-corrected chi connectivity index (χ3v) is 6.89. The normalized spacial score (nSPS) is 15.1. The Kier molecular flexibility index (Phi) is 6.34. The maximum absolute atomic E-state index is 12.7. The summed E-state index contributed by atoms with van der Waals surface area (Å²) in [5.74, 6) is 0. The molecule has 0 aromatic heterocycles. The highest BCUT2D eigenvalue weighted by Crippen LogP contribution is 2.18. The van der Waals surface area contributed by atoms with Gasteiger partial charge in [-0.05, 0) is 42.0 Å². The molecule has 1 N–H and O–H groups in total. The van der Waals surface area contributed by atoms with Crippen LogP contribution in [0.2, 0.25) is 0 Å². The monoisotopic (exact) mass is 462 g/mol. The van der Waals surface area contributed by atoms with Gasteiger partial charge in [0.25, 0.3) is 0 Å². The molecule has 2 amide bonds. The fourth-order valence-corrected chi connectivity index (χ4v) is 4.79. The Morgan fingerprint density at radius 2 is 1.79 bits per heavy atom. The molecular formula is C19H19BrN4O3S. The van der Waals surface area contributed by atoms with Gasteiger partial charge in [0.15, 0.2) is 0 Å². The number of nitriles is 1. The van der Waals surface area contributed by atoms with E-state index in [0.717, 1.165) is 10.0 Å². The molecule has 0 saturated carbocycles. The Labute approximate surface area is 172 Å². The number of carbonyl (C=O) groups excluding carboxylic acids is 1. The van der Waals surface area contributed by atoms with Crippen molar-refractivity contribution in [1.82, 2.24) is 14.5 Å². The molecule has 0 radical (unpaired) electrons. The number of hydrogen-bond donors (Lipinski definition) is 1. The van der Waals surface area contributed by atoms with Crippen molar-refractivity contribution in [1.29, 1.82) is 5.26 Å². The third kappa shape index (κ3) is 4.70. The van der Waals surface area contributed by atoms with Gasteiger partial charge in [-0.15, -0.1) is 0 Å². The molecule has 0 bridgehead atoms. The van der Waals surface area contributed by atoms with Gasteiger partial charge in [-0.2, -0.15) is 9.57 Å². The lowest BCUT2D eigenvalue weighted by atomic mass is 10.2. The average molecular weight is 463 g/mol. The summed E-state index contributed by atoms with van der Waals surface area (Å²) in [5.41, 5.74) is 1.38. The molecule has 28 heavy (non-hydrogen) atoms. The predicted octanol–water partition coefficient (Wildman–Crippen LogP) is 2.54. The quantitative estimate of drug-likeness (QED) is 0.754. The minimum atomic E-state index is -3.64. The van der Waals surface area contributed by atoms with Gasteiger partial charge >= 0.3 is 6.03 Å². The van der Waals surface area contributed by atoms with Crippen LogP contribution in [0.15, 0.2) is 57.9 Å². The third-order valence-electron chi connectivity index (χ3n) is 4.48. The lowest BCUT2D eigenvalue weighted by Gasteiger charge is -2.34. The van der Waals surface area contributed by atoms with Gasteiger partial charge < -0.3 is 10.2 Å². The SMILES string of the molecule is N#Cc1ccc(S(=O)(=O)N2CCN(C(=O)NCc3cccc(Br)c3)CC2)cc1. The lowest BCUT2D eigenvalue weighted by Crippen LogP contribution is -2.52. The van der Waals surface area contributed by atoms with Gasteiger partial charge in [-0.3, -0.25) is 0 Å². The molecule has 0 aliphatic carbocycles. The van der Waals surface area contributed by atoms with E-state index < -0.39 is 10.0 Å². The van der Waals surface area contributed by atoms with Crippen LogP contribution >= 0.6 is 15.9 Å². The van der Waals surface area contributed by atoms with Crippen molar-refractivity contribution < 1.29 is 13.2 Å². The van der Waals surface area contributed by atoms with Crippen molar-refractivity contribution in [3.63, 3.8) is 0 Å². The number of nitrogens with one attached hydrogen (secondary N) is 1. The highest BCUT2D eigenvalue weighted by atomic mass is 79.9. The summed E-state index contributed by atoms with van der Waals surface area (Å²) >= 11 is 3.40. The molecular weight excluding hydrogens is 444 g/mol. The molecule has 1 aliphatic heterocycles. The van der Waals surface area contributed by atoms with Crippen molar-refractivity contribution in [3.05, 3.63) is 64.1 Å².